The molecule has 0 saturated heterocycles. The molecule has 0 aromatic heterocycles. The molecule has 2 rings (SSSR count). The van der Waals surface area contributed by atoms with Crippen molar-refractivity contribution in [1.82, 2.24) is 0 Å². The van der Waals surface area contributed by atoms with Gasteiger partial charge in [-0.1, -0.05) is 24.4 Å². The standard InChI is InChI=1S/C14H17ClN2O3/c1-20-12(18)10-5-4-9(15)8-11(10)17-13(19)14(16)6-2-3-7-14/h4-5,8H,2-3,6-7,16H2,1H3,(H,17,19). The fourth-order valence-corrected chi connectivity index (χ4v) is 2.56. The van der Waals surface area contributed by atoms with Gasteiger partial charge in [-0.2, -0.15) is 0 Å². The van der Waals surface area contributed by atoms with Gasteiger partial charge < -0.3 is 15.8 Å². The molecule has 1 saturated carbocycles. The summed E-state index contributed by atoms with van der Waals surface area (Å²) in [7, 11) is 1.28. The molecule has 0 bridgehead atoms. The minimum Gasteiger partial charge on any atom is -0.465 e. The van der Waals surface area contributed by atoms with Gasteiger partial charge in [0, 0.05) is 5.02 Å². The van der Waals surface area contributed by atoms with Gasteiger partial charge in [0.05, 0.1) is 23.9 Å². The molecule has 108 valence electrons. The Bertz CT molecular complexity index is 539. The van der Waals surface area contributed by atoms with Crippen molar-refractivity contribution in [3.63, 3.8) is 0 Å². The molecule has 1 fully saturated rings. The van der Waals surface area contributed by atoms with Gasteiger partial charge in [0.15, 0.2) is 0 Å². The number of hydrogen-bond acceptors (Lipinski definition) is 4. The van der Waals surface area contributed by atoms with Crippen LogP contribution in [0, 0.1) is 0 Å². The molecule has 1 aliphatic carbocycles. The first-order valence-electron chi connectivity index (χ1n) is 6.44. The first-order valence-corrected chi connectivity index (χ1v) is 6.82. The zero-order valence-electron chi connectivity index (χ0n) is 11.2. The molecular formula is C14H17ClN2O3. The van der Waals surface area contributed by atoms with E-state index in [-0.39, 0.29) is 11.5 Å². The number of hydrogen-bond donors (Lipinski definition) is 2. The molecule has 0 atom stereocenters. The van der Waals surface area contributed by atoms with E-state index in [4.69, 9.17) is 17.3 Å². The summed E-state index contributed by atoms with van der Waals surface area (Å²) in [6.07, 6.45) is 3.16. The van der Waals surface area contributed by atoms with Crippen LogP contribution in [0.2, 0.25) is 5.02 Å². The summed E-state index contributed by atoms with van der Waals surface area (Å²) in [5, 5.41) is 3.12. The molecule has 1 amide bonds. The predicted molar refractivity (Wildman–Crippen MR) is 76.8 cm³/mol. The van der Waals surface area contributed by atoms with E-state index in [0.717, 1.165) is 12.8 Å². The number of carbonyl (C=O) groups is 2. The van der Waals surface area contributed by atoms with Crippen molar-refractivity contribution >= 4 is 29.2 Å². The average Bonchev–Trinajstić information content (AvgIpc) is 2.86. The normalized spacial score (nSPS) is 16.8. The zero-order chi connectivity index (χ0) is 14.8. The van der Waals surface area contributed by atoms with E-state index in [2.05, 4.69) is 10.1 Å². The Morgan fingerprint density at radius 2 is 2.00 bits per heavy atom. The van der Waals surface area contributed by atoms with Crippen molar-refractivity contribution < 1.29 is 14.3 Å². The van der Waals surface area contributed by atoms with Gasteiger partial charge in [-0.3, -0.25) is 4.79 Å². The Morgan fingerprint density at radius 1 is 1.35 bits per heavy atom. The molecule has 20 heavy (non-hydrogen) atoms. The van der Waals surface area contributed by atoms with Gasteiger partial charge in [0.1, 0.15) is 0 Å². The molecular weight excluding hydrogens is 280 g/mol. The monoisotopic (exact) mass is 296 g/mol. The van der Waals surface area contributed by atoms with E-state index in [1.165, 1.54) is 19.2 Å². The number of esters is 1. The van der Waals surface area contributed by atoms with E-state index in [1.807, 2.05) is 0 Å². The number of ether oxygens (including phenoxy) is 1. The molecule has 5 nitrogen and oxygen atoms in total. The number of carbonyl (C=O) groups excluding carboxylic acids is 2. The minimum absolute atomic E-state index is 0.256. The lowest BCUT2D eigenvalue weighted by atomic mass is 9.98. The summed E-state index contributed by atoms with van der Waals surface area (Å²) >= 11 is 5.91. The number of anilines is 1. The summed E-state index contributed by atoms with van der Waals surface area (Å²) in [5.74, 6) is -0.822. The Kier molecular flexibility index (Phi) is 4.30. The SMILES string of the molecule is COC(=O)c1ccc(Cl)cc1NC(=O)C1(N)CCCC1. The molecule has 3 N–H and O–H groups in total. The Hall–Kier alpha value is -1.59. The van der Waals surface area contributed by atoms with Crippen LogP contribution in [-0.2, 0) is 9.53 Å². The van der Waals surface area contributed by atoms with E-state index in [0.29, 0.717) is 23.6 Å². The topological polar surface area (TPSA) is 81.4 Å². The molecule has 0 spiro atoms. The van der Waals surface area contributed by atoms with Gasteiger partial charge in [-0.05, 0) is 31.0 Å². The second kappa shape index (κ2) is 5.81. The minimum atomic E-state index is -0.865. The second-order valence-electron chi connectivity index (χ2n) is 5.00. The highest BCUT2D eigenvalue weighted by Gasteiger charge is 2.37. The van der Waals surface area contributed by atoms with Crippen molar-refractivity contribution in [1.29, 1.82) is 0 Å². The molecule has 6 heteroatoms. The molecule has 0 unspecified atom stereocenters. The third-order valence-corrected chi connectivity index (χ3v) is 3.82. The zero-order valence-corrected chi connectivity index (χ0v) is 12.0. The Balaban J connectivity index is 2.26. The van der Waals surface area contributed by atoms with Crippen LogP contribution in [0.25, 0.3) is 0 Å². The van der Waals surface area contributed by atoms with E-state index < -0.39 is 11.5 Å². The Morgan fingerprint density at radius 3 is 2.60 bits per heavy atom. The number of nitrogens with two attached hydrogens (primary N) is 1. The van der Waals surface area contributed by atoms with E-state index >= 15 is 0 Å². The lowest BCUT2D eigenvalue weighted by molar-refractivity contribution is -0.121. The first-order chi connectivity index (χ1) is 9.46. The molecule has 0 aliphatic heterocycles. The van der Waals surface area contributed by atoms with Crippen molar-refractivity contribution in [3.8, 4) is 0 Å². The quantitative estimate of drug-likeness (QED) is 0.839. The van der Waals surface area contributed by atoms with Gasteiger partial charge >= 0.3 is 5.97 Å². The van der Waals surface area contributed by atoms with E-state index in [1.54, 1.807) is 6.07 Å². The Labute approximate surface area is 122 Å². The van der Waals surface area contributed by atoms with Crippen LogP contribution < -0.4 is 11.1 Å². The van der Waals surface area contributed by atoms with Gasteiger partial charge in [-0.25, -0.2) is 4.79 Å². The van der Waals surface area contributed by atoms with Gasteiger partial charge in [0.25, 0.3) is 0 Å². The maximum Gasteiger partial charge on any atom is 0.339 e. The number of amides is 1. The third kappa shape index (κ3) is 2.94. The van der Waals surface area contributed by atoms with Crippen LogP contribution in [0.3, 0.4) is 0 Å². The number of rotatable bonds is 3. The maximum absolute atomic E-state index is 12.3. The van der Waals surface area contributed by atoms with Crippen LogP contribution >= 0.6 is 11.6 Å². The summed E-state index contributed by atoms with van der Waals surface area (Å²) in [5.41, 5.74) is 5.80. The number of nitrogens with one attached hydrogen (secondary N) is 1. The molecule has 0 radical (unpaired) electrons. The van der Waals surface area contributed by atoms with Crippen molar-refractivity contribution in [2.24, 2.45) is 5.73 Å². The average molecular weight is 297 g/mol. The van der Waals surface area contributed by atoms with Gasteiger partial charge in [0.2, 0.25) is 5.91 Å². The van der Waals surface area contributed by atoms with E-state index in [9.17, 15) is 9.59 Å². The van der Waals surface area contributed by atoms with Crippen molar-refractivity contribution in [3.05, 3.63) is 28.8 Å². The molecule has 1 aliphatic rings. The highest BCUT2D eigenvalue weighted by molar-refractivity contribution is 6.31. The lowest BCUT2D eigenvalue weighted by Gasteiger charge is -2.23. The van der Waals surface area contributed by atoms with Crippen LogP contribution in [0.4, 0.5) is 5.69 Å². The first kappa shape index (κ1) is 14.8. The van der Waals surface area contributed by atoms with Crippen LogP contribution in [0.5, 0.6) is 0 Å². The maximum atomic E-state index is 12.3. The molecule has 1 aromatic rings. The number of benzene rings is 1. The van der Waals surface area contributed by atoms with Crippen LogP contribution in [-0.4, -0.2) is 24.5 Å². The highest BCUT2D eigenvalue weighted by Crippen LogP contribution is 2.29. The second-order valence-corrected chi connectivity index (χ2v) is 5.44. The summed E-state index contributed by atoms with van der Waals surface area (Å²) in [6, 6.07) is 4.60. The summed E-state index contributed by atoms with van der Waals surface area (Å²) < 4.78 is 4.68. The lowest BCUT2D eigenvalue weighted by Crippen LogP contribution is -2.48. The fourth-order valence-electron chi connectivity index (χ4n) is 2.39. The predicted octanol–water partition coefficient (Wildman–Crippen LogP) is 2.34. The molecule has 0 heterocycles. The molecule has 1 aromatic carbocycles. The van der Waals surface area contributed by atoms with Crippen molar-refractivity contribution in [2.45, 2.75) is 31.2 Å². The largest absolute Gasteiger partial charge is 0.465 e. The summed E-state index contributed by atoms with van der Waals surface area (Å²) in [4.78, 5) is 24.0. The number of halogens is 1. The third-order valence-electron chi connectivity index (χ3n) is 3.58. The smallest absolute Gasteiger partial charge is 0.339 e. The highest BCUT2D eigenvalue weighted by atomic mass is 35.5. The van der Waals surface area contributed by atoms with Crippen LogP contribution in [0.15, 0.2) is 18.2 Å². The van der Waals surface area contributed by atoms with Crippen molar-refractivity contribution in [2.75, 3.05) is 12.4 Å². The number of methoxy groups -OCH3 is 1. The fraction of sp³-hybridized carbons (Fsp3) is 0.429. The van der Waals surface area contributed by atoms with Crippen LogP contribution in [0.1, 0.15) is 36.0 Å². The van der Waals surface area contributed by atoms with Gasteiger partial charge in [-0.15, -0.1) is 0 Å². The summed E-state index contributed by atoms with van der Waals surface area (Å²) in [6.45, 7) is 0.